The number of hydrogen-bond donors (Lipinski definition) is 0. The van der Waals surface area contributed by atoms with Crippen LogP contribution in [0.4, 0.5) is 13.2 Å². The minimum atomic E-state index is -4.73. The van der Waals surface area contributed by atoms with Crippen LogP contribution >= 0.6 is 0 Å². The van der Waals surface area contributed by atoms with E-state index in [0.717, 1.165) is 18.3 Å². The minimum Gasteiger partial charge on any atom is -0.404 e. The average molecular weight is 188 g/mol. The minimum absolute atomic E-state index is 0.0366. The highest BCUT2D eigenvalue weighted by atomic mass is 19.4. The fraction of sp³-hybridized carbons (Fsp3) is 0.143. The largest absolute Gasteiger partial charge is 0.573 e. The summed E-state index contributed by atoms with van der Waals surface area (Å²) in [5, 5.41) is 8.29. The Kier molecular flexibility index (Phi) is 2.37. The van der Waals surface area contributed by atoms with Crippen LogP contribution < -0.4 is 4.74 Å². The molecule has 0 aromatic carbocycles. The first-order valence-electron chi connectivity index (χ1n) is 3.13. The third-order valence-corrected chi connectivity index (χ3v) is 1.08. The van der Waals surface area contributed by atoms with Crippen LogP contribution in [0, 0.1) is 11.3 Å². The smallest absolute Gasteiger partial charge is 0.404 e. The quantitative estimate of drug-likeness (QED) is 0.675. The van der Waals surface area contributed by atoms with Gasteiger partial charge < -0.3 is 4.74 Å². The van der Waals surface area contributed by atoms with Gasteiger partial charge in [0.05, 0.1) is 6.20 Å². The summed E-state index contributed by atoms with van der Waals surface area (Å²) < 4.78 is 38.4. The lowest BCUT2D eigenvalue weighted by Crippen LogP contribution is -2.17. The second-order valence-corrected chi connectivity index (χ2v) is 2.04. The summed E-state index contributed by atoms with van der Waals surface area (Å²) in [7, 11) is 0. The number of nitrogens with zero attached hydrogens (tertiary/aromatic N) is 2. The molecule has 0 aliphatic carbocycles. The maximum absolute atomic E-state index is 11.6. The number of alkyl halides is 3. The Morgan fingerprint density at radius 1 is 1.38 bits per heavy atom. The Hall–Kier alpha value is -1.77. The first-order valence-corrected chi connectivity index (χ1v) is 3.13. The zero-order valence-corrected chi connectivity index (χ0v) is 6.17. The first kappa shape index (κ1) is 9.32. The molecule has 1 aromatic rings. The molecular formula is C7H3F3N2O. The van der Waals surface area contributed by atoms with Crippen molar-refractivity contribution in [1.29, 1.82) is 5.26 Å². The average Bonchev–Trinajstić information content (AvgIpc) is 2.03. The molecule has 13 heavy (non-hydrogen) atoms. The van der Waals surface area contributed by atoms with E-state index in [1.165, 1.54) is 0 Å². The number of pyridine rings is 1. The molecule has 3 nitrogen and oxygen atoms in total. The van der Waals surface area contributed by atoms with E-state index < -0.39 is 12.1 Å². The van der Waals surface area contributed by atoms with Crippen LogP contribution in [0.15, 0.2) is 18.3 Å². The van der Waals surface area contributed by atoms with Crippen LogP contribution in [0.2, 0.25) is 0 Å². The molecule has 0 aliphatic rings. The van der Waals surface area contributed by atoms with Crippen molar-refractivity contribution in [3.8, 4) is 11.8 Å². The third-order valence-electron chi connectivity index (χ3n) is 1.08. The van der Waals surface area contributed by atoms with Gasteiger partial charge in [-0.2, -0.15) is 5.26 Å². The van der Waals surface area contributed by atoms with Crippen LogP contribution in [-0.4, -0.2) is 11.3 Å². The predicted molar refractivity (Wildman–Crippen MR) is 35.6 cm³/mol. The van der Waals surface area contributed by atoms with Gasteiger partial charge in [0.2, 0.25) is 0 Å². The number of aromatic nitrogens is 1. The SMILES string of the molecule is N#Cc1ccc(OC(F)(F)F)cn1. The summed E-state index contributed by atoms with van der Waals surface area (Å²) in [4.78, 5) is 3.40. The molecule has 0 fully saturated rings. The topological polar surface area (TPSA) is 45.9 Å². The van der Waals surface area contributed by atoms with Crippen molar-refractivity contribution >= 4 is 0 Å². The predicted octanol–water partition coefficient (Wildman–Crippen LogP) is 1.85. The van der Waals surface area contributed by atoms with E-state index in [4.69, 9.17) is 5.26 Å². The van der Waals surface area contributed by atoms with E-state index in [-0.39, 0.29) is 5.69 Å². The number of ether oxygens (including phenoxy) is 1. The van der Waals surface area contributed by atoms with Crippen molar-refractivity contribution in [1.82, 2.24) is 4.98 Å². The van der Waals surface area contributed by atoms with Crippen molar-refractivity contribution in [3.05, 3.63) is 24.0 Å². The summed E-state index contributed by atoms with van der Waals surface area (Å²) in [5.41, 5.74) is 0.0366. The lowest BCUT2D eigenvalue weighted by molar-refractivity contribution is -0.274. The normalized spacial score (nSPS) is 10.6. The van der Waals surface area contributed by atoms with Gasteiger partial charge in [-0.3, -0.25) is 0 Å². The summed E-state index contributed by atoms with van der Waals surface area (Å²) in [5.74, 6) is -0.438. The molecule has 0 saturated carbocycles. The Bertz CT molecular complexity index is 325. The van der Waals surface area contributed by atoms with Gasteiger partial charge >= 0.3 is 6.36 Å². The summed E-state index contributed by atoms with van der Waals surface area (Å²) in [6.07, 6.45) is -3.89. The Labute approximate surface area is 71.4 Å². The van der Waals surface area contributed by atoms with Crippen LogP contribution in [0.1, 0.15) is 5.69 Å². The Morgan fingerprint density at radius 3 is 2.46 bits per heavy atom. The molecule has 0 bridgehead atoms. The van der Waals surface area contributed by atoms with E-state index in [1.807, 2.05) is 0 Å². The molecule has 0 amide bonds. The molecule has 1 heterocycles. The molecule has 0 spiro atoms. The van der Waals surface area contributed by atoms with Crippen molar-refractivity contribution in [3.63, 3.8) is 0 Å². The second-order valence-electron chi connectivity index (χ2n) is 2.04. The molecule has 6 heteroatoms. The summed E-state index contributed by atoms with van der Waals surface area (Å²) >= 11 is 0. The molecule has 68 valence electrons. The van der Waals surface area contributed by atoms with E-state index in [9.17, 15) is 13.2 Å². The van der Waals surface area contributed by atoms with Crippen molar-refractivity contribution in [2.75, 3.05) is 0 Å². The van der Waals surface area contributed by atoms with Gasteiger partial charge in [0.1, 0.15) is 17.5 Å². The van der Waals surface area contributed by atoms with Crippen molar-refractivity contribution < 1.29 is 17.9 Å². The number of rotatable bonds is 1. The number of halogens is 3. The van der Waals surface area contributed by atoms with Crippen molar-refractivity contribution in [2.24, 2.45) is 0 Å². The maximum atomic E-state index is 11.6. The van der Waals surface area contributed by atoms with E-state index >= 15 is 0 Å². The molecule has 0 radical (unpaired) electrons. The molecule has 0 N–H and O–H groups in total. The van der Waals surface area contributed by atoms with Gasteiger partial charge in [0.25, 0.3) is 0 Å². The van der Waals surface area contributed by atoms with Crippen LogP contribution in [0.25, 0.3) is 0 Å². The zero-order valence-electron chi connectivity index (χ0n) is 6.17. The maximum Gasteiger partial charge on any atom is 0.573 e. The lowest BCUT2D eigenvalue weighted by Gasteiger charge is -2.07. The fourth-order valence-corrected chi connectivity index (χ4v) is 0.640. The van der Waals surface area contributed by atoms with Gasteiger partial charge in [0, 0.05) is 0 Å². The third kappa shape index (κ3) is 2.99. The van der Waals surface area contributed by atoms with Crippen LogP contribution in [0.5, 0.6) is 5.75 Å². The van der Waals surface area contributed by atoms with Crippen LogP contribution in [0.3, 0.4) is 0 Å². The highest BCUT2D eigenvalue weighted by molar-refractivity contribution is 5.26. The Balaban J connectivity index is 2.77. The zero-order chi connectivity index (χ0) is 9.90. The van der Waals surface area contributed by atoms with Gasteiger partial charge in [-0.25, -0.2) is 4.98 Å². The number of nitriles is 1. The highest BCUT2D eigenvalue weighted by Crippen LogP contribution is 2.21. The summed E-state index contributed by atoms with van der Waals surface area (Å²) in [6.45, 7) is 0. The Morgan fingerprint density at radius 2 is 2.08 bits per heavy atom. The molecule has 0 atom stereocenters. The van der Waals surface area contributed by atoms with E-state index in [2.05, 4.69) is 9.72 Å². The van der Waals surface area contributed by atoms with Crippen LogP contribution in [-0.2, 0) is 0 Å². The fourth-order valence-electron chi connectivity index (χ4n) is 0.640. The van der Waals surface area contributed by atoms with Crippen molar-refractivity contribution in [2.45, 2.75) is 6.36 Å². The highest BCUT2D eigenvalue weighted by Gasteiger charge is 2.31. The molecular weight excluding hydrogens is 185 g/mol. The standard InChI is InChI=1S/C7H3F3N2O/c8-7(9,10)13-6-2-1-5(3-11)12-4-6/h1-2,4H. The molecule has 0 aliphatic heterocycles. The lowest BCUT2D eigenvalue weighted by atomic mass is 10.4. The molecule has 0 unspecified atom stereocenters. The van der Waals surface area contributed by atoms with Gasteiger partial charge in [-0.15, -0.1) is 13.2 Å². The molecule has 1 aromatic heterocycles. The first-order chi connectivity index (χ1) is 6.01. The van der Waals surface area contributed by atoms with E-state index in [1.54, 1.807) is 6.07 Å². The van der Waals surface area contributed by atoms with Gasteiger partial charge in [-0.05, 0) is 12.1 Å². The summed E-state index contributed by atoms with van der Waals surface area (Å²) in [6, 6.07) is 3.84. The number of hydrogen-bond acceptors (Lipinski definition) is 3. The van der Waals surface area contributed by atoms with Gasteiger partial charge in [-0.1, -0.05) is 0 Å². The van der Waals surface area contributed by atoms with Gasteiger partial charge in [0.15, 0.2) is 0 Å². The molecule has 1 rings (SSSR count). The monoisotopic (exact) mass is 188 g/mol. The van der Waals surface area contributed by atoms with E-state index in [0.29, 0.717) is 0 Å². The second kappa shape index (κ2) is 3.31. The molecule has 0 saturated heterocycles.